The molecule has 0 aromatic rings. The number of rotatable bonds is 9. The van der Waals surface area contributed by atoms with Crippen LogP contribution in [0.15, 0.2) is 0 Å². The predicted molar refractivity (Wildman–Crippen MR) is 81.1 cm³/mol. The van der Waals surface area contributed by atoms with Crippen molar-refractivity contribution in [3.63, 3.8) is 0 Å². The van der Waals surface area contributed by atoms with Crippen molar-refractivity contribution < 1.29 is 0 Å². The van der Waals surface area contributed by atoms with Gasteiger partial charge in [0.2, 0.25) is 0 Å². The Morgan fingerprint density at radius 1 is 1.11 bits per heavy atom. The maximum absolute atomic E-state index is 3.73. The largest absolute Gasteiger partial charge is 0.313 e. The minimum absolute atomic E-state index is 0.686. The molecule has 2 atom stereocenters. The smallest absolute Gasteiger partial charge is 0.0249 e. The first-order chi connectivity index (χ1) is 8.78. The normalized spacial score (nSPS) is 20.5. The standard InChI is InChI=1S/C16H34N2/c1-5-11-15(17-7-3)16(6-2)18(8-4)14-12-9-10-13-14/h14-17H,5-13H2,1-4H3. The van der Waals surface area contributed by atoms with Gasteiger partial charge in [-0.15, -0.1) is 0 Å². The highest BCUT2D eigenvalue weighted by Gasteiger charge is 2.30. The molecule has 0 saturated heterocycles. The van der Waals surface area contributed by atoms with Crippen molar-refractivity contribution in [3.05, 3.63) is 0 Å². The van der Waals surface area contributed by atoms with Crippen LogP contribution in [0.4, 0.5) is 0 Å². The van der Waals surface area contributed by atoms with Gasteiger partial charge in [-0.05, 0) is 38.8 Å². The third kappa shape index (κ3) is 4.24. The highest BCUT2D eigenvalue weighted by molar-refractivity contribution is 4.88. The van der Waals surface area contributed by atoms with Crippen molar-refractivity contribution in [2.45, 2.75) is 90.8 Å². The van der Waals surface area contributed by atoms with E-state index in [0.717, 1.165) is 18.6 Å². The van der Waals surface area contributed by atoms with E-state index in [2.05, 4.69) is 37.9 Å². The summed E-state index contributed by atoms with van der Waals surface area (Å²) in [6, 6.07) is 2.28. The molecule has 0 spiro atoms. The summed E-state index contributed by atoms with van der Waals surface area (Å²) in [5.74, 6) is 0. The summed E-state index contributed by atoms with van der Waals surface area (Å²) in [6.45, 7) is 11.6. The maximum atomic E-state index is 3.73. The average Bonchev–Trinajstić information content (AvgIpc) is 2.89. The third-order valence-corrected chi connectivity index (χ3v) is 4.53. The number of hydrogen-bond acceptors (Lipinski definition) is 2. The monoisotopic (exact) mass is 254 g/mol. The first kappa shape index (κ1) is 16.0. The SMILES string of the molecule is CCCC(NCC)C(CC)N(CC)C1CCCC1. The molecule has 0 aromatic heterocycles. The molecule has 2 unspecified atom stereocenters. The molecule has 18 heavy (non-hydrogen) atoms. The Balaban J connectivity index is 2.68. The third-order valence-electron chi connectivity index (χ3n) is 4.53. The number of nitrogens with zero attached hydrogens (tertiary/aromatic N) is 1. The van der Waals surface area contributed by atoms with E-state index in [0.29, 0.717) is 6.04 Å². The molecule has 1 aliphatic rings. The zero-order valence-corrected chi connectivity index (χ0v) is 13.0. The van der Waals surface area contributed by atoms with Crippen molar-refractivity contribution in [1.29, 1.82) is 0 Å². The van der Waals surface area contributed by atoms with Gasteiger partial charge >= 0.3 is 0 Å². The van der Waals surface area contributed by atoms with Gasteiger partial charge in [0.05, 0.1) is 0 Å². The van der Waals surface area contributed by atoms with Gasteiger partial charge in [0.1, 0.15) is 0 Å². The molecule has 0 heterocycles. The van der Waals surface area contributed by atoms with Crippen LogP contribution in [0.1, 0.15) is 72.6 Å². The summed E-state index contributed by atoms with van der Waals surface area (Å²) in [6.07, 6.45) is 9.62. The maximum Gasteiger partial charge on any atom is 0.0249 e. The molecule has 1 rings (SSSR count). The van der Waals surface area contributed by atoms with E-state index in [1.165, 1.54) is 51.5 Å². The van der Waals surface area contributed by atoms with Crippen molar-refractivity contribution in [1.82, 2.24) is 10.2 Å². The fourth-order valence-corrected chi connectivity index (χ4v) is 3.75. The summed E-state index contributed by atoms with van der Waals surface area (Å²) >= 11 is 0. The molecule has 1 N–H and O–H groups in total. The highest BCUT2D eigenvalue weighted by Crippen LogP contribution is 2.27. The van der Waals surface area contributed by atoms with Crippen LogP contribution in [0, 0.1) is 0 Å². The zero-order valence-electron chi connectivity index (χ0n) is 13.0. The lowest BCUT2D eigenvalue weighted by Gasteiger charge is -2.40. The van der Waals surface area contributed by atoms with E-state index in [-0.39, 0.29) is 0 Å². The van der Waals surface area contributed by atoms with Crippen LogP contribution >= 0.6 is 0 Å². The van der Waals surface area contributed by atoms with Crippen molar-refractivity contribution in [3.8, 4) is 0 Å². The molecule has 2 heteroatoms. The minimum atomic E-state index is 0.686. The van der Waals surface area contributed by atoms with Gasteiger partial charge in [0, 0.05) is 18.1 Å². The Bertz CT molecular complexity index is 193. The van der Waals surface area contributed by atoms with Crippen LogP contribution in [-0.4, -0.2) is 36.1 Å². The Kier molecular flexibility index (Phi) is 7.92. The molecular formula is C16H34N2. The van der Waals surface area contributed by atoms with E-state index >= 15 is 0 Å². The summed E-state index contributed by atoms with van der Waals surface area (Å²) < 4.78 is 0. The lowest BCUT2D eigenvalue weighted by Crippen LogP contribution is -2.52. The van der Waals surface area contributed by atoms with Gasteiger partial charge < -0.3 is 5.32 Å². The summed E-state index contributed by atoms with van der Waals surface area (Å²) in [4.78, 5) is 2.80. The van der Waals surface area contributed by atoms with Crippen LogP contribution in [0.3, 0.4) is 0 Å². The summed E-state index contributed by atoms with van der Waals surface area (Å²) in [5, 5.41) is 3.73. The van der Waals surface area contributed by atoms with Gasteiger partial charge in [-0.1, -0.05) is 47.0 Å². The van der Waals surface area contributed by atoms with E-state index in [9.17, 15) is 0 Å². The van der Waals surface area contributed by atoms with Gasteiger partial charge in [0.25, 0.3) is 0 Å². The quantitative estimate of drug-likeness (QED) is 0.673. The second-order valence-electron chi connectivity index (χ2n) is 5.70. The molecule has 0 aliphatic heterocycles. The minimum Gasteiger partial charge on any atom is -0.313 e. The molecule has 108 valence electrons. The fraction of sp³-hybridized carbons (Fsp3) is 1.00. The molecule has 1 fully saturated rings. The number of likely N-dealkylation sites (N-methyl/N-ethyl adjacent to an activating group) is 2. The summed E-state index contributed by atoms with van der Waals surface area (Å²) in [5.41, 5.74) is 0. The first-order valence-electron chi connectivity index (χ1n) is 8.27. The molecule has 0 radical (unpaired) electrons. The van der Waals surface area contributed by atoms with Crippen molar-refractivity contribution >= 4 is 0 Å². The van der Waals surface area contributed by atoms with Gasteiger partial charge in [-0.2, -0.15) is 0 Å². The van der Waals surface area contributed by atoms with Gasteiger partial charge in [-0.25, -0.2) is 0 Å². The zero-order chi connectivity index (χ0) is 13.4. The van der Waals surface area contributed by atoms with Gasteiger partial charge in [0.15, 0.2) is 0 Å². The highest BCUT2D eigenvalue weighted by atomic mass is 15.2. The Labute approximate surface area is 115 Å². The molecule has 1 saturated carbocycles. The van der Waals surface area contributed by atoms with Gasteiger partial charge in [-0.3, -0.25) is 4.90 Å². The molecule has 2 nitrogen and oxygen atoms in total. The van der Waals surface area contributed by atoms with Crippen molar-refractivity contribution in [2.24, 2.45) is 0 Å². The Morgan fingerprint density at radius 2 is 1.78 bits per heavy atom. The second-order valence-corrected chi connectivity index (χ2v) is 5.70. The van der Waals surface area contributed by atoms with E-state index in [1.54, 1.807) is 0 Å². The topological polar surface area (TPSA) is 15.3 Å². The van der Waals surface area contributed by atoms with Crippen LogP contribution in [-0.2, 0) is 0 Å². The molecule has 0 aromatic carbocycles. The van der Waals surface area contributed by atoms with E-state index in [1.807, 2.05) is 0 Å². The molecule has 0 amide bonds. The predicted octanol–water partition coefficient (Wildman–Crippen LogP) is 3.81. The molecular weight excluding hydrogens is 220 g/mol. The number of hydrogen-bond donors (Lipinski definition) is 1. The van der Waals surface area contributed by atoms with Crippen molar-refractivity contribution in [2.75, 3.05) is 13.1 Å². The first-order valence-corrected chi connectivity index (χ1v) is 8.27. The van der Waals surface area contributed by atoms with Crippen LogP contribution < -0.4 is 5.32 Å². The van der Waals surface area contributed by atoms with E-state index in [4.69, 9.17) is 0 Å². The number of nitrogens with one attached hydrogen (secondary N) is 1. The molecule has 0 bridgehead atoms. The second kappa shape index (κ2) is 8.92. The average molecular weight is 254 g/mol. The van der Waals surface area contributed by atoms with E-state index < -0.39 is 0 Å². The fourth-order valence-electron chi connectivity index (χ4n) is 3.75. The van der Waals surface area contributed by atoms with Crippen LogP contribution in [0.25, 0.3) is 0 Å². The lowest BCUT2D eigenvalue weighted by molar-refractivity contribution is 0.105. The Hall–Kier alpha value is -0.0800. The van der Waals surface area contributed by atoms with Crippen LogP contribution in [0.2, 0.25) is 0 Å². The lowest BCUT2D eigenvalue weighted by atomic mass is 9.97. The molecule has 1 aliphatic carbocycles. The van der Waals surface area contributed by atoms with Crippen LogP contribution in [0.5, 0.6) is 0 Å². The Morgan fingerprint density at radius 3 is 2.22 bits per heavy atom. The summed E-state index contributed by atoms with van der Waals surface area (Å²) in [7, 11) is 0.